The Kier molecular flexibility index (Phi) is 4.48. The normalized spacial score (nSPS) is 19.6. The van der Waals surface area contributed by atoms with Crippen LogP contribution in [0.2, 0.25) is 0 Å². The maximum Gasteiger partial charge on any atom is 0.0718 e. The zero-order chi connectivity index (χ0) is 24.6. The lowest BCUT2D eigenvalue weighted by molar-refractivity contribution is 0.636. The van der Waals surface area contributed by atoms with Crippen LogP contribution in [0.3, 0.4) is 0 Å². The molecule has 0 N–H and O–H groups in total. The van der Waals surface area contributed by atoms with Crippen molar-refractivity contribution < 1.29 is 0 Å². The van der Waals surface area contributed by atoms with Crippen LogP contribution in [0, 0.1) is 5.92 Å². The van der Waals surface area contributed by atoms with E-state index in [1.54, 1.807) is 0 Å². The lowest BCUT2D eigenvalue weighted by atomic mass is 9.61. The summed E-state index contributed by atoms with van der Waals surface area (Å²) in [5.41, 5.74) is 13.1. The summed E-state index contributed by atoms with van der Waals surface area (Å²) in [5, 5.41) is 0. The Bertz CT molecular complexity index is 1670. The van der Waals surface area contributed by atoms with Crippen molar-refractivity contribution >= 4 is 38.6 Å². The van der Waals surface area contributed by atoms with Crippen LogP contribution in [0.5, 0.6) is 0 Å². The molecule has 4 aromatic rings. The van der Waals surface area contributed by atoms with E-state index < -0.39 is 0 Å². The van der Waals surface area contributed by atoms with Gasteiger partial charge in [0.2, 0.25) is 0 Å². The minimum Gasteiger partial charge on any atom is -0.310 e. The van der Waals surface area contributed by atoms with Crippen LogP contribution in [-0.4, -0.2) is 0 Å². The number of halogens is 1. The van der Waals surface area contributed by atoms with Crippen molar-refractivity contribution in [2.75, 3.05) is 4.90 Å². The molecule has 0 bridgehead atoms. The van der Waals surface area contributed by atoms with Crippen molar-refractivity contribution in [1.29, 1.82) is 0 Å². The second-order valence-electron chi connectivity index (χ2n) is 10.2. The molecule has 8 rings (SSSR count). The number of para-hydroxylation sites is 3. The molecule has 0 radical (unpaired) electrons. The Labute approximate surface area is 225 Å². The van der Waals surface area contributed by atoms with E-state index in [0.717, 1.165) is 6.42 Å². The van der Waals surface area contributed by atoms with E-state index in [1.165, 1.54) is 60.5 Å². The molecular formula is C35H24BrN. The van der Waals surface area contributed by atoms with Crippen LogP contribution in [0.1, 0.15) is 28.7 Å². The van der Waals surface area contributed by atoms with E-state index in [0.29, 0.717) is 5.92 Å². The van der Waals surface area contributed by atoms with Crippen LogP contribution >= 0.6 is 15.9 Å². The molecule has 1 aliphatic heterocycles. The minimum absolute atomic E-state index is 0.343. The quantitative estimate of drug-likeness (QED) is 0.233. The maximum absolute atomic E-state index is 3.97. The molecule has 0 aromatic heterocycles. The molecule has 1 nitrogen and oxygen atoms in total. The number of rotatable bonds is 1. The van der Waals surface area contributed by atoms with E-state index in [-0.39, 0.29) is 5.41 Å². The maximum atomic E-state index is 3.97. The highest BCUT2D eigenvalue weighted by Crippen LogP contribution is 2.65. The summed E-state index contributed by atoms with van der Waals surface area (Å²) in [6.45, 7) is 0. The average molecular weight is 538 g/mol. The van der Waals surface area contributed by atoms with Gasteiger partial charge in [0.05, 0.1) is 16.8 Å². The molecule has 3 aliphatic carbocycles. The molecule has 37 heavy (non-hydrogen) atoms. The van der Waals surface area contributed by atoms with Crippen LogP contribution in [0.25, 0.3) is 5.57 Å². The van der Waals surface area contributed by atoms with Crippen molar-refractivity contribution in [3.05, 3.63) is 165 Å². The van der Waals surface area contributed by atoms with Gasteiger partial charge in [-0.1, -0.05) is 113 Å². The average Bonchev–Trinajstić information content (AvgIpc) is 3.23. The molecule has 4 aromatic carbocycles. The van der Waals surface area contributed by atoms with E-state index in [9.17, 15) is 0 Å². The molecule has 1 heterocycles. The third-order valence-electron chi connectivity index (χ3n) is 8.48. The first kappa shape index (κ1) is 21.2. The lowest BCUT2D eigenvalue weighted by Gasteiger charge is -2.46. The fourth-order valence-electron chi connectivity index (χ4n) is 7.09. The third-order valence-corrected chi connectivity index (χ3v) is 9.14. The molecule has 0 fully saturated rings. The number of nitrogens with zero attached hydrogens (tertiary/aromatic N) is 1. The van der Waals surface area contributed by atoms with Gasteiger partial charge >= 0.3 is 0 Å². The Morgan fingerprint density at radius 1 is 0.703 bits per heavy atom. The molecule has 4 aliphatic rings. The number of hydrogen-bond donors (Lipinski definition) is 0. The molecule has 0 saturated carbocycles. The summed E-state index contributed by atoms with van der Waals surface area (Å²) in [4.78, 5) is 2.44. The predicted octanol–water partition coefficient (Wildman–Crippen LogP) is 9.41. The van der Waals surface area contributed by atoms with Crippen LogP contribution in [0.4, 0.5) is 17.1 Å². The lowest BCUT2D eigenvalue weighted by Crippen LogP contribution is -2.37. The summed E-state index contributed by atoms with van der Waals surface area (Å²) < 4.78 is 1.17. The van der Waals surface area contributed by atoms with Gasteiger partial charge in [-0.25, -0.2) is 0 Å². The zero-order valence-corrected chi connectivity index (χ0v) is 21.8. The smallest absolute Gasteiger partial charge is 0.0718 e. The summed E-state index contributed by atoms with van der Waals surface area (Å²) in [6, 6.07) is 35.6. The molecular weight excluding hydrogens is 514 g/mol. The first-order valence-corrected chi connectivity index (χ1v) is 13.7. The zero-order valence-electron chi connectivity index (χ0n) is 20.2. The van der Waals surface area contributed by atoms with Gasteiger partial charge in [-0.15, -0.1) is 0 Å². The highest BCUT2D eigenvalue weighted by Gasteiger charge is 2.53. The largest absolute Gasteiger partial charge is 0.310 e. The third kappa shape index (κ3) is 2.74. The molecule has 2 heteroatoms. The Hall–Kier alpha value is -3.88. The number of hydrogen-bond acceptors (Lipinski definition) is 1. The van der Waals surface area contributed by atoms with Gasteiger partial charge in [0.15, 0.2) is 0 Å². The number of anilines is 3. The highest BCUT2D eigenvalue weighted by molar-refractivity contribution is 9.10. The van der Waals surface area contributed by atoms with Gasteiger partial charge < -0.3 is 4.90 Å². The predicted molar refractivity (Wildman–Crippen MR) is 157 cm³/mol. The van der Waals surface area contributed by atoms with Crippen molar-refractivity contribution in [3.8, 4) is 0 Å². The van der Waals surface area contributed by atoms with Crippen LogP contribution in [0.15, 0.2) is 143 Å². The second kappa shape index (κ2) is 7.81. The highest BCUT2D eigenvalue weighted by atomic mass is 79.9. The monoisotopic (exact) mass is 537 g/mol. The SMILES string of the molecule is Brc1cccc2c1C1=C(CC3C=CC=CC3=C1)C21c2ccccc2N(c2ccccc2)c2ccccc21. The number of fused-ring (bicyclic) bond motifs is 9. The van der Waals surface area contributed by atoms with E-state index >= 15 is 0 Å². The van der Waals surface area contributed by atoms with Crippen molar-refractivity contribution in [2.45, 2.75) is 11.8 Å². The summed E-state index contributed by atoms with van der Waals surface area (Å²) in [5.74, 6) is 0.403. The topological polar surface area (TPSA) is 3.24 Å². The van der Waals surface area contributed by atoms with Gasteiger partial charge in [-0.2, -0.15) is 0 Å². The van der Waals surface area contributed by atoms with Gasteiger partial charge in [0.25, 0.3) is 0 Å². The summed E-state index contributed by atoms with van der Waals surface area (Å²) in [6.07, 6.45) is 12.5. The van der Waals surface area contributed by atoms with Crippen molar-refractivity contribution in [2.24, 2.45) is 5.92 Å². The van der Waals surface area contributed by atoms with Crippen molar-refractivity contribution in [1.82, 2.24) is 0 Å². The molecule has 0 saturated heterocycles. The number of benzene rings is 4. The van der Waals surface area contributed by atoms with Gasteiger partial charge in [-0.05, 0) is 70.2 Å². The first-order chi connectivity index (χ1) is 18.3. The fourth-order valence-corrected chi connectivity index (χ4v) is 7.67. The number of allylic oxidation sites excluding steroid dienone is 8. The Morgan fingerprint density at radius 2 is 1.38 bits per heavy atom. The standard InChI is InChI=1S/C35H24BrN/c36-31-18-10-17-29-34(31)26-21-23-11-4-5-12-24(23)22-30(26)35(29)27-15-6-8-19-32(27)37(25-13-2-1-3-14-25)33-20-9-7-16-28(33)35/h1-21,24H,22H2. The van der Waals surface area contributed by atoms with Gasteiger partial charge in [0, 0.05) is 21.6 Å². The molecule has 0 amide bonds. The fraction of sp³-hybridized carbons (Fsp3) is 0.0857. The molecule has 176 valence electrons. The van der Waals surface area contributed by atoms with E-state index in [2.05, 4.69) is 148 Å². The molecule has 1 unspecified atom stereocenters. The second-order valence-corrected chi connectivity index (χ2v) is 11.1. The minimum atomic E-state index is -0.343. The first-order valence-electron chi connectivity index (χ1n) is 12.9. The van der Waals surface area contributed by atoms with Crippen LogP contribution in [-0.2, 0) is 5.41 Å². The summed E-state index contributed by atoms with van der Waals surface area (Å²) in [7, 11) is 0. The van der Waals surface area contributed by atoms with Crippen LogP contribution < -0.4 is 4.90 Å². The Balaban J connectivity index is 1.52. The van der Waals surface area contributed by atoms with E-state index in [1.807, 2.05) is 0 Å². The van der Waals surface area contributed by atoms with Crippen molar-refractivity contribution in [3.63, 3.8) is 0 Å². The van der Waals surface area contributed by atoms with Gasteiger partial charge in [-0.3, -0.25) is 0 Å². The van der Waals surface area contributed by atoms with E-state index in [4.69, 9.17) is 0 Å². The molecule has 1 spiro atoms. The Morgan fingerprint density at radius 3 is 2.14 bits per heavy atom. The summed E-state index contributed by atoms with van der Waals surface area (Å²) >= 11 is 3.97. The molecule has 1 atom stereocenters. The van der Waals surface area contributed by atoms with Gasteiger partial charge in [0.1, 0.15) is 0 Å².